The van der Waals surface area contributed by atoms with E-state index in [9.17, 15) is 13.2 Å². The molecule has 1 aromatic rings. The largest absolute Gasteiger partial charge is 0.497 e. The molecule has 0 aliphatic carbocycles. The molecule has 3 nitrogen and oxygen atoms in total. The Morgan fingerprint density at radius 3 is 2.50 bits per heavy atom. The third-order valence-electron chi connectivity index (χ3n) is 2.72. The van der Waals surface area contributed by atoms with E-state index in [1.54, 1.807) is 24.3 Å². The highest BCUT2D eigenvalue weighted by molar-refractivity contribution is 5.29. The van der Waals surface area contributed by atoms with Gasteiger partial charge in [-0.15, -0.1) is 0 Å². The van der Waals surface area contributed by atoms with Crippen LogP contribution in [0.15, 0.2) is 24.3 Å². The van der Waals surface area contributed by atoms with E-state index in [0.29, 0.717) is 11.3 Å². The number of hydrogen-bond acceptors (Lipinski definition) is 3. The zero-order chi connectivity index (χ0) is 13.3. The lowest BCUT2D eigenvalue weighted by Crippen LogP contribution is -2.35. The van der Waals surface area contributed by atoms with Gasteiger partial charge in [0.1, 0.15) is 5.75 Å². The number of alkyl halides is 3. The van der Waals surface area contributed by atoms with Crippen LogP contribution in [0.2, 0.25) is 0 Å². The summed E-state index contributed by atoms with van der Waals surface area (Å²) in [7, 11) is 1.48. The van der Waals surface area contributed by atoms with E-state index in [2.05, 4.69) is 0 Å². The van der Waals surface area contributed by atoms with Crippen LogP contribution < -0.4 is 4.74 Å². The maximum atomic E-state index is 12.6. The van der Waals surface area contributed by atoms with Gasteiger partial charge in [-0.05, 0) is 19.1 Å². The van der Waals surface area contributed by atoms with Gasteiger partial charge in [0.15, 0.2) is 12.4 Å². The van der Waals surface area contributed by atoms with Crippen LogP contribution in [0.5, 0.6) is 5.75 Å². The van der Waals surface area contributed by atoms with Crippen molar-refractivity contribution in [3.8, 4) is 5.75 Å². The third-order valence-corrected chi connectivity index (χ3v) is 2.72. The second kappa shape index (κ2) is 4.78. The van der Waals surface area contributed by atoms with Gasteiger partial charge in [-0.1, -0.05) is 12.1 Å². The summed E-state index contributed by atoms with van der Waals surface area (Å²) in [5.41, 5.74) is 0.507. The van der Waals surface area contributed by atoms with Crippen molar-refractivity contribution in [2.24, 2.45) is 0 Å². The van der Waals surface area contributed by atoms with Crippen LogP contribution in [0.3, 0.4) is 0 Å². The average Bonchev–Trinajstić information content (AvgIpc) is 2.71. The van der Waals surface area contributed by atoms with Crippen LogP contribution in [0.25, 0.3) is 0 Å². The van der Waals surface area contributed by atoms with Crippen molar-refractivity contribution in [2.75, 3.05) is 7.11 Å². The Morgan fingerprint density at radius 1 is 1.22 bits per heavy atom. The van der Waals surface area contributed by atoms with Crippen LogP contribution in [-0.2, 0) is 9.47 Å². The highest BCUT2D eigenvalue weighted by Gasteiger charge is 2.51. The quantitative estimate of drug-likeness (QED) is 0.819. The van der Waals surface area contributed by atoms with Crippen molar-refractivity contribution in [3.63, 3.8) is 0 Å². The highest BCUT2D eigenvalue weighted by atomic mass is 19.4. The Hall–Kier alpha value is -1.27. The Bertz CT molecular complexity index is 419. The highest BCUT2D eigenvalue weighted by Crippen LogP contribution is 2.39. The maximum absolute atomic E-state index is 12.6. The fourth-order valence-electron chi connectivity index (χ4n) is 1.83. The Kier molecular flexibility index (Phi) is 3.49. The lowest BCUT2D eigenvalue weighted by Gasteiger charge is -2.16. The van der Waals surface area contributed by atoms with E-state index in [1.165, 1.54) is 14.0 Å². The molecule has 0 N–H and O–H groups in total. The second-order valence-corrected chi connectivity index (χ2v) is 4.05. The van der Waals surface area contributed by atoms with Crippen LogP contribution in [-0.4, -0.2) is 25.5 Å². The van der Waals surface area contributed by atoms with Crippen molar-refractivity contribution >= 4 is 0 Å². The minimum Gasteiger partial charge on any atom is -0.497 e. The number of rotatable bonds is 2. The molecule has 0 aromatic heterocycles. The minimum absolute atomic E-state index is 0.507. The number of ether oxygens (including phenoxy) is 3. The van der Waals surface area contributed by atoms with Crippen molar-refractivity contribution in [1.29, 1.82) is 0 Å². The first-order chi connectivity index (χ1) is 8.41. The van der Waals surface area contributed by atoms with E-state index in [1.807, 2.05) is 0 Å². The Labute approximate surface area is 102 Å². The number of hydrogen-bond donors (Lipinski definition) is 0. The third kappa shape index (κ3) is 2.59. The smallest absolute Gasteiger partial charge is 0.417 e. The summed E-state index contributed by atoms with van der Waals surface area (Å²) < 4.78 is 53.0. The molecule has 1 fully saturated rings. The van der Waals surface area contributed by atoms with Gasteiger partial charge in [0.05, 0.1) is 13.2 Å². The monoisotopic (exact) mass is 262 g/mol. The first kappa shape index (κ1) is 13.2. The predicted octanol–water partition coefficient (Wildman–Crippen LogP) is 3.06. The molecule has 100 valence electrons. The second-order valence-electron chi connectivity index (χ2n) is 4.05. The summed E-state index contributed by atoms with van der Waals surface area (Å²) in [6.07, 6.45) is -8.36. The standard InChI is InChI=1S/C12H13F3O3/c1-7-10(12(13,14)15)18-11(17-7)8-4-3-5-9(6-8)16-2/h3-7,10-11H,1-2H3/t7-,10-,11+/m0/s1. The number of methoxy groups -OCH3 is 1. The van der Waals surface area contributed by atoms with Crippen molar-refractivity contribution in [2.45, 2.75) is 31.6 Å². The molecular formula is C12H13F3O3. The van der Waals surface area contributed by atoms with Crippen LogP contribution in [0, 0.1) is 0 Å². The minimum atomic E-state index is -4.42. The van der Waals surface area contributed by atoms with Gasteiger partial charge in [0, 0.05) is 5.56 Å². The molecule has 0 unspecified atom stereocenters. The molecule has 2 rings (SSSR count). The van der Waals surface area contributed by atoms with Crippen molar-refractivity contribution in [1.82, 2.24) is 0 Å². The van der Waals surface area contributed by atoms with Crippen LogP contribution in [0.4, 0.5) is 13.2 Å². The fourth-order valence-corrected chi connectivity index (χ4v) is 1.83. The van der Waals surface area contributed by atoms with Gasteiger partial charge in [0.25, 0.3) is 0 Å². The van der Waals surface area contributed by atoms with E-state index in [0.717, 1.165) is 0 Å². The van der Waals surface area contributed by atoms with Gasteiger partial charge in [-0.3, -0.25) is 0 Å². The van der Waals surface area contributed by atoms with E-state index >= 15 is 0 Å². The first-order valence-corrected chi connectivity index (χ1v) is 5.43. The summed E-state index contributed by atoms with van der Waals surface area (Å²) in [5, 5.41) is 0. The average molecular weight is 262 g/mol. The molecule has 1 aliphatic heterocycles. The first-order valence-electron chi connectivity index (χ1n) is 5.43. The van der Waals surface area contributed by atoms with E-state index in [4.69, 9.17) is 14.2 Å². The Balaban J connectivity index is 2.16. The van der Waals surface area contributed by atoms with Gasteiger partial charge >= 0.3 is 6.18 Å². The molecule has 3 atom stereocenters. The molecular weight excluding hydrogens is 249 g/mol. The molecule has 0 radical (unpaired) electrons. The van der Waals surface area contributed by atoms with E-state index in [-0.39, 0.29) is 0 Å². The molecule has 0 spiro atoms. The van der Waals surface area contributed by atoms with Gasteiger partial charge in [-0.2, -0.15) is 13.2 Å². The summed E-state index contributed by atoms with van der Waals surface area (Å²) in [6.45, 7) is 1.35. The lowest BCUT2D eigenvalue weighted by atomic mass is 10.2. The topological polar surface area (TPSA) is 27.7 Å². The zero-order valence-electron chi connectivity index (χ0n) is 9.90. The summed E-state index contributed by atoms with van der Waals surface area (Å²) in [4.78, 5) is 0. The molecule has 0 amide bonds. The molecule has 1 aromatic carbocycles. The lowest BCUT2D eigenvalue weighted by molar-refractivity contribution is -0.218. The normalized spacial score (nSPS) is 28.4. The summed E-state index contributed by atoms with van der Waals surface area (Å²) in [5.74, 6) is 0.544. The zero-order valence-corrected chi connectivity index (χ0v) is 9.90. The number of benzene rings is 1. The molecule has 0 bridgehead atoms. The molecule has 1 heterocycles. The molecule has 6 heteroatoms. The predicted molar refractivity (Wildman–Crippen MR) is 57.2 cm³/mol. The van der Waals surface area contributed by atoms with Crippen LogP contribution in [0.1, 0.15) is 18.8 Å². The van der Waals surface area contributed by atoms with E-state index < -0.39 is 24.7 Å². The summed E-state index contributed by atoms with van der Waals surface area (Å²) >= 11 is 0. The molecule has 1 saturated heterocycles. The van der Waals surface area contributed by atoms with Crippen molar-refractivity contribution in [3.05, 3.63) is 29.8 Å². The molecule has 18 heavy (non-hydrogen) atoms. The van der Waals surface area contributed by atoms with Gasteiger partial charge in [0.2, 0.25) is 0 Å². The molecule has 1 aliphatic rings. The SMILES string of the molecule is COc1cccc([C@@H]2O[C@@H](C)[C@@H](C(F)(F)F)O2)c1. The van der Waals surface area contributed by atoms with Gasteiger partial charge < -0.3 is 14.2 Å². The van der Waals surface area contributed by atoms with Gasteiger partial charge in [-0.25, -0.2) is 0 Å². The van der Waals surface area contributed by atoms with Crippen molar-refractivity contribution < 1.29 is 27.4 Å². The van der Waals surface area contributed by atoms with Crippen LogP contribution >= 0.6 is 0 Å². The Morgan fingerprint density at radius 2 is 1.94 bits per heavy atom. The maximum Gasteiger partial charge on any atom is 0.417 e. The number of halogens is 3. The summed E-state index contributed by atoms with van der Waals surface area (Å²) in [6, 6.07) is 6.60. The molecule has 0 saturated carbocycles. The fraction of sp³-hybridized carbons (Fsp3) is 0.500.